The fourth-order valence-corrected chi connectivity index (χ4v) is 0.456. The molecule has 0 fully saturated rings. The third kappa shape index (κ3) is 3.50. The molecule has 9 heavy (non-hydrogen) atoms. The monoisotopic (exact) mass is 121 g/mol. The zero-order valence-corrected chi connectivity index (χ0v) is 6.15. The van der Waals surface area contributed by atoms with Crippen LogP contribution in [0.15, 0.2) is 0 Å². The largest absolute Gasteiger partial charge is 0.261 e. The Labute approximate surface area is 57.1 Å². The smallest absolute Gasteiger partial charge is 0.0372 e. The predicted molar refractivity (Wildman–Crippen MR) is 39.3 cm³/mol. The van der Waals surface area contributed by atoms with Gasteiger partial charge in [0.05, 0.1) is 0 Å². The molecular weight excluding hydrogens is 110 g/mol. The Morgan fingerprint density at radius 3 is 1.78 bits per heavy atom. The molecule has 1 heteroatoms. The summed E-state index contributed by atoms with van der Waals surface area (Å²) in [7, 11) is 0. The second-order valence-electron chi connectivity index (χ2n) is 1.47. The lowest BCUT2D eigenvalue weighted by Gasteiger charge is -2.02. The maximum atomic E-state index is 2.84. The molecule has 1 nitrogen and oxygen atoms in total. The van der Waals surface area contributed by atoms with Gasteiger partial charge in [-0.05, 0) is 20.8 Å². The van der Waals surface area contributed by atoms with Crippen molar-refractivity contribution in [3.05, 3.63) is 0 Å². The van der Waals surface area contributed by atoms with E-state index in [9.17, 15) is 0 Å². The van der Waals surface area contributed by atoms with Crippen molar-refractivity contribution < 1.29 is 0 Å². The molecule has 0 unspecified atom stereocenters. The first kappa shape index (κ1) is 7.92. The van der Waals surface area contributed by atoms with Crippen LogP contribution in [-0.2, 0) is 0 Å². The standard InChI is InChI=1S/C8H11N/c1-4-7-9(6-3)8-5-2/h6H2,1-3H3. The number of nitrogens with zero attached hydrogens (tertiary/aromatic N) is 1. The van der Waals surface area contributed by atoms with Crippen molar-refractivity contribution in [1.29, 1.82) is 0 Å². The van der Waals surface area contributed by atoms with Gasteiger partial charge in [0.25, 0.3) is 0 Å². The highest BCUT2D eigenvalue weighted by Gasteiger charge is 1.83. The summed E-state index contributed by atoms with van der Waals surface area (Å²) in [5.74, 6) is 5.55. The number of rotatable bonds is 1. The van der Waals surface area contributed by atoms with E-state index in [1.54, 1.807) is 18.7 Å². The molecule has 0 saturated heterocycles. The zero-order chi connectivity index (χ0) is 7.11. The molecule has 0 aromatic rings. The van der Waals surface area contributed by atoms with Crippen LogP contribution in [0.2, 0.25) is 0 Å². The van der Waals surface area contributed by atoms with Crippen LogP contribution in [-0.4, -0.2) is 11.4 Å². The Balaban J connectivity index is 3.88. The van der Waals surface area contributed by atoms with E-state index < -0.39 is 0 Å². The topological polar surface area (TPSA) is 3.24 Å². The molecule has 0 radical (unpaired) electrons. The van der Waals surface area contributed by atoms with Crippen LogP contribution >= 0.6 is 0 Å². The van der Waals surface area contributed by atoms with Crippen LogP contribution in [0.1, 0.15) is 20.8 Å². The van der Waals surface area contributed by atoms with E-state index in [-0.39, 0.29) is 0 Å². The van der Waals surface area contributed by atoms with Crippen molar-refractivity contribution in [3.8, 4) is 23.9 Å². The lowest BCUT2D eigenvalue weighted by Crippen LogP contribution is -2.08. The van der Waals surface area contributed by atoms with Gasteiger partial charge in [0, 0.05) is 18.6 Å². The van der Waals surface area contributed by atoms with Crippen LogP contribution in [0.5, 0.6) is 0 Å². The van der Waals surface area contributed by atoms with Gasteiger partial charge in [0.15, 0.2) is 0 Å². The van der Waals surface area contributed by atoms with Gasteiger partial charge in [-0.2, -0.15) is 0 Å². The van der Waals surface area contributed by atoms with E-state index >= 15 is 0 Å². The molecule has 0 N–H and O–H groups in total. The summed E-state index contributed by atoms with van der Waals surface area (Å²) in [4.78, 5) is 1.76. The van der Waals surface area contributed by atoms with Crippen LogP contribution in [0, 0.1) is 23.9 Å². The zero-order valence-electron chi connectivity index (χ0n) is 6.15. The van der Waals surface area contributed by atoms with Crippen molar-refractivity contribution in [2.24, 2.45) is 0 Å². The lowest BCUT2D eigenvalue weighted by atomic mass is 10.6. The van der Waals surface area contributed by atoms with Crippen molar-refractivity contribution in [1.82, 2.24) is 4.90 Å². The molecule has 48 valence electrons. The molecule has 0 atom stereocenters. The molecule has 0 spiro atoms. The summed E-state index contributed by atoms with van der Waals surface area (Å²) in [5.41, 5.74) is 0. The highest BCUT2D eigenvalue weighted by atomic mass is 15.1. The van der Waals surface area contributed by atoms with Crippen LogP contribution in [0.25, 0.3) is 0 Å². The fraction of sp³-hybridized carbons (Fsp3) is 0.500. The van der Waals surface area contributed by atoms with E-state index in [0.29, 0.717) is 0 Å². The third-order valence-electron chi connectivity index (χ3n) is 0.810. The maximum Gasteiger partial charge on any atom is 0.0372 e. The maximum absolute atomic E-state index is 2.84. The minimum absolute atomic E-state index is 0.863. The quantitative estimate of drug-likeness (QED) is 0.373. The van der Waals surface area contributed by atoms with E-state index in [4.69, 9.17) is 0 Å². The highest BCUT2D eigenvalue weighted by Crippen LogP contribution is 1.77. The van der Waals surface area contributed by atoms with E-state index in [0.717, 1.165) is 6.54 Å². The van der Waals surface area contributed by atoms with Gasteiger partial charge in [-0.1, -0.05) is 11.8 Å². The van der Waals surface area contributed by atoms with Crippen molar-refractivity contribution >= 4 is 0 Å². The second-order valence-corrected chi connectivity index (χ2v) is 1.47. The van der Waals surface area contributed by atoms with E-state index in [1.807, 2.05) is 6.92 Å². The summed E-state index contributed by atoms with van der Waals surface area (Å²) in [6, 6.07) is 5.69. The van der Waals surface area contributed by atoms with Gasteiger partial charge < -0.3 is 0 Å². The molecule has 0 aliphatic heterocycles. The van der Waals surface area contributed by atoms with Crippen LogP contribution in [0.4, 0.5) is 0 Å². The number of hydrogen-bond donors (Lipinski definition) is 0. The van der Waals surface area contributed by atoms with E-state index in [2.05, 4.69) is 23.9 Å². The first-order chi connectivity index (χ1) is 4.35. The molecular formula is C8H11N. The average Bonchev–Trinajstić information content (AvgIpc) is 1.88. The highest BCUT2D eigenvalue weighted by molar-refractivity contribution is 5.06. The van der Waals surface area contributed by atoms with E-state index in [1.165, 1.54) is 0 Å². The Kier molecular flexibility index (Phi) is 4.46. The molecule has 0 bridgehead atoms. The van der Waals surface area contributed by atoms with Crippen molar-refractivity contribution in [2.45, 2.75) is 20.8 Å². The average molecular weight is 121 g/mol. The number of hydrogen-bond acceptors (Lipinski definition) is 1. The summed E-state index contributed by atoms with van der Waals surface area (Å²) in [6.07, 6.45) is 0. The Morgan fingerprint density at radius 1 is 1.11 bits per heavy atom. The molecule has 0 heterocycles. The molecule has 0 amide bonds. The van der Waals surface area contributed by atoms with Gasteiger partial charge in [0.2, 0.25) is 0 Å². The molecule has 0 aromatic carbocycles. The molecule has 0 aromatic heterocycles. The van der Waals surface area contributed by atoms with Crippen LogP contribution in [0.3, 0.4) is 0 Å². The summed E-state index contributed by atoms with van der Waals surface area (Å²) < 4.78 is 0. The minimum atomic E-state index is 0.863. The van der Waals surface area contributed by atoms with Crippen molar-refractivity contribution in [2.75, 3.05) is 6.54 Å². The van der Waals surface area contributed by atoms with Gasteiger partial charge in [-0.25, -0.2) is 0 Å². The second kappa shape index (κ2) is 5.06. The Morgan fingerprint density at radius 2 is 1.56 bits per heavy atom. The Bertz CT molecular complexity index is 152. The molecule has 0 aliphatic rings. The summed E-state index contributed by atoms with van der Waals surface area (Å²) in [6.45, 7) is 6.50. The predicted octanol–water partition coefficient (Wildman–Crippen LogP) is 1.27. The Hall–Kier alpha value is -1.08. The SMILES string of the molecule is CC#CN(C#CC)CC. The van der Waals surface area contributed by atoms with Gasteiger partial charge in [-0.3, -0.25) is 4.90 Å². The van der Waals surface area contributed by atoms with Gasteiger partial charge in [0.1, 0.15) is 0 Å². The summed E-state index contributed by atoms with van der Waals surface area (Å²) >= 11 is 0. The summed E-state index contributed by atoms with van der Waals surface area (Å²) in [5, 5.41) is 0. The molecule has 0 saturated carbocycles. The first-order valence-corrected chi connectivity index (χ1v) is 2.97. The molecule has 0 aliphatic carbocycles. The van der Waals surface area contributed by atoms with Crippen molar-refractivity contribution in [3.63, 3.8) is 0 Å². The third-order valence-corrected chi connectivity index (χ3v) is 0.810. The fourth-order valence-electron chi connectivity index (χ4n) is 0.456. The minimum Gasteiger partial charge on any atom is -0.261 e. The molecule has 0 rings (SSSR count). The first-order valence-electron chi connectivity index (χ1n) is 2.97. The lowest BCUT2D eigenvalue weighted by molar-refractivity contribution is 0.597. The van der Waals surface area contributed by atoms with Crippen LogP contribution < -0.4 is 0 Å². The van der Waals surface area contributed by atoms with Gasteiger partial charge >= 0.3 is 0 Å². The normalized spacial score (nSPS) is 6.11. The van der Waals surface area contributed by atoms with Gasteiger partial charge in [-0.15, -0.1) is 0 Å².